The summed E-state index contributed by atoms with van der Waals surface area (Å²) in [6.07, 6.45) is 1.32. The molecule has 3 amide bonds. The summed E-state index contributed by atoms with van der Waals surface area (Å²) in [5.41, 5.74) is 0.168. The zero-order valence-electron chi connectivity index (χ0n) is 20.7. The Bertz CT molecular complexity index is 854. The molecule has 1 aliphatic heterocycles. The number of carbonyl (C=O) groups excluding carboxylic acids is 3. The Morgan fingerprint density at radius 2 is 1.83 bits per heavy atom. The molecule has 35 heavy (non-hydrogen) atoms. The molecule has 0 saturated carbocycles. The maximum Gasteiger partial charge on any atom is 0.408 e. The lowest BCUT2D eigenvalue weighted by atomic mass is 9.97. The fourth-order valence-corrected chi connectivity index (χ4v) is 3.74. The van der Waals surface area contributed by atoms with Crippen LogP contribution in [0, 0.1) is 5.92 Å². The number of aliphatic carboxylic acids is 1. The Labute approximate surface area is 206 Å². The number of nitrogens with one attached hydrogen (secondary N) is 2. The molecule has 3 N–H and O–H groups in total. The van der Waals surface area contributed by atoms with Crippen LogP contribution in [0.2, 0.25) is 0 Å². The van der Waals surface area contributed by atoms with E-state index in [9.17, 15) is 24.3 Å². The van der Waals surface area contributed by atoms with Crippen LogP contribution in [0.15, 0.2) is 30.3 Å². The van der Waals surface area contributed by atoms with Crippen molar-refractivity contribution in [2.75, 3.05) is 19.6 Å². The van der Waals surface area contributed by atoms with Gasteiger partial charge in [-0.15, -0.1) is 0 Å². The Hall–Kier alpha value is -3.30. The van der Waals surface area contributed by atoms with Gasteiger partial charge in [-0.3, -0.25) is 9.59 Å². The topological polar surface area (TPSA) is 134 Å². The fraction of sp³-hybridized carbons (Fsp3) is 0.600. The molecule has 1 aromatic carbocycles. The van der Waals surface area contributed by atoms with E-state index in [0.717, 1.165) is 5.56 Å². The van der Waals surface area contributed by atoms with Crippen molar-refractivity contribution in [3.63, 3.8) is 0 Å². The van der Waals surface area contributed by atoms with Crippen molar-refractivity contribution in [1.82, 2.24) is 15.5 Å². The largest absolute Gasteiger partial charge is 0.481 e. The van der Waals surface area contributed by atoms with E-state index in [1.807, 2.05) is 30.3 Å². The van der Waals surface area contributed by atoms with Gasteiger partial charge < -0.3 is 30.1 Å². The van der Waals surface area contributed by atoms with Gasteiger partial charge in [-0.05, 0) is 58.4 Å². The Kier molecular flexibility index (Phi) is 10.8. The Morgan fingerprint density at radius 3 is 2.49 bits per heavy atom. The molecule has 0 spiro atoms. The quantitative estimate of drug-likeness (QED) is 0.428. The minimum absolute atomic E-state index is 0.121. The third-order valence-electron chi connectivity index (χ3n) is 5.47. The van der Waals surface area contributed by atoms with E-state index >= 15 is 0 Å². The maximum atomic E-state index is 13.1. The first-order valence-electron chi connectivity index (χ1n) is 12.0. The molecule has 1 unspecified atom stereocenters. The number of nitrogens with zero attached hydrogens (tertiary/aromatic N) is 1. The van der Waals surface area contributed by atoms with Crippen molar-refractivity contribution in [2.45, 2.75) is 71.1 Å². The lowest BCUT2D eigenvalue weighted by Gasteiger charge is -2.34. The van der Waals surface area contributed by atoms with Crippen LogP contribution in [-0.4, -0.2) is 65.3 Å². The van der Waals surface area contributed by atoms with Crippen LogP contribution in [0.1, 0.15) is 58.4 Å². The van der Waals surface area contributed by atoms with E-state index in [2.05, 4.69) is 10.6 Å². The first-order valence-corrected chi connectivity index (χ1v) is 12.0. The van der Waals surface area contributed by atoms with Crippen LogP contribution in [0.25, 0.3) is 0 Å². The third kappa shape index (κ3) is 10.7. The number of benzene rings is 1. The average Bonchev–Trinajstić information content (AvgIpc) is 2.81. The molecule has 10 heteroatoms. The lowest BCUT2D eigenvalue weighted by Crippen LogP contribution is -2.52. The summed E-state index contributed by atoms with van der Waals surface area (Å²) in [6, 6.07) is 8.50. The summed E-state index contributed by atoms with van der Waals surface area (Å²) in [5, 5.41) is 14.6. The van der Waals surface area contributed by atoms with E-state index in [1.165, 1.54) is 4.90 Å². The Balaban J connectivity index is 1.83. The molecule has 194 valence electrons. The third-order valence-corrected chi connectivity index (χ3v) is 5.47. The van der Waals surface area contributed by atoms with Crippen LogP contribution >= 0.6 is 0 Å². The van der Waals surface area contributed by atoms with Gasteiger partial charge in [0, 0.05) is 19.6 Å². The summed E-state index contributed by atoms with van der Waals surface area (Å²) in [6.45, 7) is 6.29. The number of unbranched alkanes of at least 4 members (excludes halogenated alkanes) is 1. The summed E-state index contributed by atoms with van der Waals surface area (Å²) in [7, 11) is 0. The van der Waals surface area contributed by atoms with Crippen LogP contribution in [0.5, 0.6) is 0 Å². The van der Waals surface area contributed by atoms with E-state index in [4.69, 9.17) is 9.47 Å². The monoisotopic (exact) mass is 491 g/mol. The van der Waals surface area contributed by atoms with E-state index in [0.29, 0.717) is 45.2 Å². The van der Waals surface area contributed by atoms with Crippen LogP contribution in [0.3, 0.4) is 0 Å². The van der Waals surface area contributed by atoms with Gasteiger partial charge in [0.1, 0.15) is 18.2 Å². The smallest absolute Gasteiger partial charge is 0.408 e. The fourth-order valence-electron chi connectivity index (χ4n) is 3.74. The predicted molar refractivity (Wildman–Crippen MR) is 129 cm³/mol. The summed E-state index contributed by atoms with van der Waals surface area (Å²) < 4.78 is 10.5. The highest BCUT2D eigenvalue weighted by molar-refractivity contribution is 5.86. The highest BCUT2D eigenvalue weighted by Crippen LogP contribution is 2.19. The molecule has 1 fully saturated rings. The number of likely N-dealkylation sites (tertiary alicyclic amines) is 1. The molecule has 10 nitrogen and oxygen atoms in total. The molecular weight excluding hydrogens is 454 g/mol. The van der Waals surface area contributed by atoms with E-state index in [-0.39, 0.29) is 19.1 Å². The number of carboxylic acid groups (broad SMARTS) is 1. The van der Waals surface area contributed by atoms with Crippen molar-refractivity contribution in [3.05, 3.63) is 35.9 Å². The van der Waals surface area contributed by atoms with Crippen molar-refractivity contribution in [2.24, 2.45) is 5.92 Å². The molecular formula is C25H37N3O7. The van der Waals surface area contributed by atoms with E-state index < -0.39 is 35.7 Å². The van der Waals surface area contributed by atoms with Crippen LogP contribution in [-0.2, 0) is 25.7 Å². The van der Waals surface area contributed by atoms with Crippen molar-refractivity contribution >= 4 is 24.1 Å². The van der Waals surface area contributed by atoms with E-state index in [1.54, 1.807) is 20.8 Å². The molecule has 1 aliphatic rings. The summed E-state index contributed by atoms with van der Waals surface area (Å²) in [5.74, 6) is -1.86. The number of carboxylic acids is 1. The van der Waals surface area contributed by atoms with Crippen molar-refractivity contribution in [1.29, 1.82) is 0 Å². The van der Waals surface area contributed by atoms with Gasteiger partial charge in [0.05, 0.1) is 5.92 Å². The zero-order chi connectivity index (χ0) is 25.8. The minimum Gasteiger partial charge on any atom is -0.481 e. The number of ether oxygens (including phenoxy) is 2. The standard InChI is InChI=1S/C25H37N3O7/c1-25(2,3)35-24(33)27-20(21(29)28-15-9-12-19(16-28)22(30)31)13-7-8-14-26-23(32)34-17-18-10-5-4-6-11-18/h4-6,10-11,19-20H,7-9,12-17H2,1-3H3,(H,26,32)(H,27,33)(H,30,31)/t19?,20-/m0/s1. The lowest BCUT2D eigenvalue weighted by molar-refractivity contribution is -0.146. The van der Waals surface area contributed by atoms with Crippen molar-refractivity contribution < 1.29 is 33.8 Å². The zero-order valence-corrected chi connectivity index (χ0v) is 20.7. The van der Waals surface area contributed by atoms with Gasteiger partial charge >= 0.3 is 18.2 Å². The van der Waals surface area contributed by atoms with Gasteiger partial charge in [-0.2, -0.15) is 0 Å². The molecule has 2 rings (SSSR count). The Morgan fingerprint density at radius 1 is 1.11 bits per heavy atom. The van der Waals surface area contributed by atoms with Gasteiger partial charge in [0.2, 0.25) is 5.91 Å². The van der Waals surface area contributed by atoms with Gasteiger partial charge in [-0.1, -0.05) is 30.3 Å². The molecule has 0 aliphatic carbocycles. The molecule has 1 saturated heterocycles. The number of alkyl carbamates (subject to hydrolysis) is 2. The average molecular weight is 492 g/mol. The number of carbonyl (C=O) groups is 4. The van der Waals surface area contributed by atoms with Crippen molar-refractivity contribution in [3.8, 4) is 0 Å². The molecule has 0 aromatic heterocycles. The summed E-state index contributed by atoms with van der Waals surface area (Å²) >= 11 is 0. The number of amides is 3. The second-order valence-electron chi connectivity index (χ2n) is 9.64. The second-order valence-corrected chi connectivity index (χ2v) is 9.64. The highest BCUT2D eigenvalue weighted by atomic mass is 16.6. The molecule has 0 radical (unpaired) electrons. The molecule has 1 heterocycles. The molecule has 1 aromatic rings. The first-order chi connectivity index (χ1) is 16.5. The van der Waals surface area contributed by atoms with Crippen LogP contribution in [0.4, 0.5) is 9.59 Å². The minimum atomic E-state index is -0.927. The maximum absolute atomic E-state index is 13.1. The number of hydrogen-bond donors (Lipinski definition) is 3. The van der Waals surface area contributed by atoms with Gasteiger partial charge in [0.25, 0.3) is 0 Å². The molecule has 0 bridgehead atoms. The summed E-state index contributed by atoms with van der Waals surface area (Å²) in [4.78, 5) is 50.2. The number of rotatable bonds is 10. The predicted octanol–water partition coefficient (Wildman–Crippen LogP) is 3.30. The van der Waals surface area contributed by atoms with Gasteiger partial charge in [0.15, 0.2) is 0 Å². The van der Waals surface area contributed by atoms with Crippen LogP contribution < -0.4 is 10.6 Å². The first kappa shape index (κ1) is 27.9. The number of piperidine rings is 1. The highest BCUT2D eigenvalue weighted by Gasteiger charge is 2.33. The normalized spacial score (nSPS) is 16.7. The number of hydrogen-bond acceptors (Lipinski definition) is 6. The van der Waals surface area contributed by atoms with Gasteiger partial charge in [-0.25, -0.2) is 9.59 Å². The SMILES string of the molecule is CC(C)(C)OC(=O)N[C@@H](CCCCNC(=O)OCc1ccccc1)C(=O)N1CCCC(C(=O)O)C1. The second kappa shape index (κ2) is 13.6. The molecule has 2 atom stereocenters.